The van der Waals surface area contributed by atoms with Crippen LogP contribution in [-0.4, -0.2) is 35.0 Å². The molecule has 0 saturated heterocycles. The Hall–Kier alpha value is -1.88. The maximum Gasteiger partial charge on any atom is 0.188 e. The lowest BCUT2D eigenvalue weighted by Gasteiger charge is -2.30. The molecule has 0 spiro atoms. The molecule has 1 aromatic carbocycles. The first-order valence-electron chi connectivity index (χ1n) is 10.7. The van der Waals surface area contributed by atoms with E-state index in [4.69, 9.17) is 0 Å². The van der Waals surface area contributed by atoms with E-state index in [-0.39, 0.29) is 11.3 Å². The monoisotopic (exact) mass is 511 g/mol. The Morgan fingerprint density at radius 1 is 1.21 bits per heavy atom. The Bertz CT molecular complexity index is 915. The number of rotatable bonds is 9. The van der Waals surface area contributed by atoms with Crippen LogP contribution in [0.3, 0.4) is 0 Å². The van der Waals surface area contributed by atoms with Gasteiger partial charge in [0.05, 0.1) is 11.7 Å². The topological polar surface area (TPSA) is 90.4 Å². The van der Waals surface area contributed by atoms with E-state index >= 15 is 0 Å². The maximum atomic E-state index is 12.7. The van der Waals surface area contributed by atoms with E-state index in [2.05, 4.69) is 40.2 Å². The Kier molecular flexibility index (Phi) is 12.7. The average Bonchev–Trinajstić information content (AvgIpc) is 3.18. The van der Waals surface area contributed by atoms with Gasteiger partial charge in [-0.1, -0.05) is 62.9 Å². The van der Waals surface area contributed by atoms with E-state index in [1.54, 1.807) is 23.0 Å². The number of aliphatic hydroxyl groups is 1. The highest BCUT2D eigenvalue weighted by atomic mass is 32.2. The van der Waals surface area contributed by atoms with Gasteiger partial charge in [-0.15, -0.1) is 0 Å². The summed E-state index contributed by atoms with van der Waals surface area (Å²) in [5.41, 5.74) is 0.857. The third kappa shape index (κ3) is 11.2. The molecule has 33 heavy (non-hydrogen) atoms. The quantitative estimate of drug-likeness (QED) is 0.328. The third-order valence-electron chi connectivity index (χ3n) is 3.90. The highest BCUT2D eigenvalue weighted by Gasteiger charge is 2.26. The third-order valence-corrected chi connectivity index (χ3v) is 7.59. The zero-order valence-electron chi connectivity index (χ0n) is 20.7. The van der Waals surface area contributed by atoms with Gasteiger partial charge in [0.15, 0.2) is 11.6 Å². The molecule has 0 aliphatic heterocycles. The summed E-state index contributed by atoms with van der Waals surface area (Å²) in [6.07, 6.45) is 1.69. The fraction of sp³-hybridized carbons (Fsp3) is 0.478. The van der Waals surface area contributed by atoms with Crippen molar-refractivity contribution in [1.82, 2.24) is 13.1 Å². The van der Waals surface area contributed by atoms with E-state index in [1.165, 1.54) is 18.7 Å². The first kappa shape index (κ1) is 29.2. The standard InChI is InChI=1S/C19H27N5O2S3.C4H10/c1-14(25)18(29(26)24(5)19(2,3)4)27-12-11-20-16-17(23-28-22-16)21-13-15-9-7-6-8-10-15;1-4(2)3/h6-12,25H,13H2,1-5H3,(H,20,22)(H,21,23);4H,1-3H3/b12-11+,18-14-;. The average molecular weight is 512 g/mol. The van der Waals surface area contributed by atoms with Crippen LogP contribution in [0.2, 0.25) is 0 Å². The molecule has 0 radical (unpaired) electrons. The summed E-state index contributed by atoms with van der Waals surface area (Å²) in [5.74, 6) is 2.15. The number of nitrogens with zero attached hydrogens (tertiary/aromatic N) is 3. The Balaban J connectivity index is 0.00000125. The Morgan fingerprint density at radius 3 is 2.33 bits per heavy atom. The smallest absolute Gasteiger partial charge is 0.188 e. The van der Waals surface area contributed by atoms with E-state index in [0.717, 1.165) is 23.2 Å². The van der Waals surface area contributed by atoms with Crippen molar-refractivity contribution in [3.63, 3.8) is 0 Å². The fourth-order valence-electron chi connectivity index (χ4n) is 2.02. The molecule has 2 aromatic rings. The van der Waals surface area contributed by atoms with Crippen LogP contribution in [0.25, 0.3) is 0 Å². The molecule has 3 N–H and O–H groups in total. The van der Waals surface area contributed by atoms with Gasteiger partial charge in [0.1, 0.15) is 21.0 Å². The fourth-order valence-corrected chi connectivity index (χ4v) is 4.77. The predicted molar refractivity (Wildman–Crippen MR) is 146 cm³/mol. The van der Waals surface area contributed by atoms with Gasteiger partial charge >= 0.3 is 0 Å². The molecular weight excluding hydrogens is 474 g/mol. The van der Waals surface area contributed by atoms with Crippen molar-refractivity contribution in [2.45, 2.75) is 60.5 Å². The molecule has 0 aliphatic rings. The second kappa shape index (κ2) is 14.4. The highest BCUT2D eigenvalue weighted by Crippen LogP contribution is 2.29. The molecule has 1 aromatic heterocycles. The number of benzene rings is 1. The molecular formula is C23H37N5O2S3. The summed E-state index contributed by atoms with van der Waals surface area (Å²) in [6, 6.07) is 10.0. The van der Waals surface area contributed by atoms with Gasteiger partial charge < -0.3 is 15.7 Å². The van der Waals surface area contributed by atoms with Gasteiger partial charge in [-0.2, -0.15) is 8.75 Å². The van der Waals surface area contributed by atoms with Crippen LogP contribution >= 0.6 is 23.5 Å². The summed E-state index contributed by atoms with van der Waals surface area (Å²) in [7, 11) is 0.309. The van der Waals surface area contributed by atoms with E-state index < -0.39 is 11.0 Å². The largest absolute Gasteiger partial charge is 0.511 e. The first-order chi connectivity index (χ1) is 15.4. The maximum absolute atomic E-state index is 12.7. The second-order valence-electron chi connectivity index (χ2n) is 8.89. The molecule has 0 bridgehead atoms. The van der Waals surface area contributed by atoms with Crippen molar-refractivity contribution >= 4 is 46.1 Å². The zero-order valence-corrected chi connectivity index (χ0v) is 23.2. The van der Waals surface area contributed by atoms with Crippen molar-refractivity contribution in [1.29, 1.82) is 0 Å². The normalized spacial score (nSPS) is 13.5. The van der Waals surface area contributed by atoms with Crippen molar-refractivity contribution in [2.75, 3.05) is 17.7 Å². The predicted octanol–water partition coefficient (Wildman–Crippen LogP) is 6.57. The van der Waals surface area contributed by atoms with Crippen LogP contribution in [0.4, 0.5) is 11.6 Å². The molecule has 1 atom stereocenters. The lowest BCUT2D eigenvalue weighted by atomic mass is 10.1. The molecule has 2 rings (SSSR count). The van der Waals surface area contributed by atoms with Crippen LogP contribution in [-0.2, 0) is 17.5 Å². The minimum Gasteiger partial charge on any atom is -0.511 e. The van der Waals surface area contributed by atoms with Crippen LogP contribution < -0.4 is 10.6 Å². The van der Waals surface area contributed by atoms with Crippen molar-refractivity contribution < 1.29 is 9.32 Å². The Labute approximate surface area is 209 Å². The Morgan fingerprint density at radius 2 is 1.79 bits per heavy atom. The molecule has 0 fully saturated rings. The van der Waals surface area contributed by atoms with E-state index in [1.807, 2.05) is 51.1 Å². The molecule has 0 aliphatic carbocycles. The lowest BCUT2D eigenvalue weighted by Crippen LogP contribution is -2.39. The number of aromatic nitrogens is 2. The SMILES string of the molecule is C/C(O)=C(\S/C=C/Nc1nsnc1NCc1ccccc1)S(=O)N(C)C(C)(C)C.CC(C)C. The number of thioether (sulfide) groups is 1. The minimum atomic E-state index is -1.46. The molecule has 7 nitrogen and oxygen atoms in total. The van der Waals surface area contributed by atoms with E-state index in [0.29, 0.717) is 22.4 Å². The summed E-state index contributed by atoms with van der Waals surface area (Å²) in [4.78, 5) is 0. The number of nitrogens with one attached hydrogen (secondary N) is 2. The summed E-state index contributed by atoms with van der Waals surface area (Å²) in [6.45, 7) is 14.6. The minimum absolute atomic E-state index is 0.0367. The summed E-state index contributed by atoms with van der Waals surface area (Å²) >= 11 is 2.31. The molecule has 0 amide bonds. The lowest BCUT2D eigenvalue weighted by molar-refractivity contribution is 0.308. The zero-order chi connectivity index (χ0) is 25.0. The van der Waals surface area contributed by atoms with Crippen LogP contribution in [0.5, 0.6) is 0 Å². The van der Waals surface area contributed by atoms with Gasteiger partial charge in [-0.25, -0.2) is 8.51 Å². The molecule has 184 valence electrons. The summed E-state index contributed by atoms with van der Waals surface area (Å²) < 4.78 is 23.4. The van der Waals surface area contributed by atoms with Crippen molar-refractivity contribution in [3.8, 4) is 0 Å². The van der Waals surface area contributed by atoms with Gasteiger partial charge in [-0.3, -0.25) is 0 Å². The summed E-state index contributed by atoms with van der Waals surface area (Å²) in [5, 5.41) is 18.0. The molecule has 1 unspecified atom stereocenters. The number of aliphatic hydroxyl groups excluding tert-OH is 1. The first-order valence-corrected chi connectivity index (χ1v) is 13.4. The number of hydrogen-bond acceptors (Lipinski definition) is 8. The van der Waals surface area contributed by atoms with Gasteiger partial charge in [0.2, 0.25) is 0 Å². The van der Waals surface area contributed by atoms with Crippen LogP contribution in [0.15, 0.2) is 51.9 Å². The second-order valence-corrected chi connectivity index (χ2v) is 12.0. The molecule has 1 heterocycles. The molecule has 10 heteroatoms. The van der Waals surface area contributed by atoms with Gasteiger partial charge in [0, 0.05) is 25.3 Å². The van der Waals surface area contributed by atoms with Gasteiger partial charge in [0.25, 0.3) is 0 Å². The van der Waals surface area contributed by atoms with Gasteiger partial charge in [-0.05, 0) is 44.6 Å². The van der Waals surface area contributed by atoms with Crippen molar-refractivity contribution in [3.05, 3.63) is 57.5 Å². The van der Waals surface area contributed by atoms with Crippen LogP contribution in [0.1, 0.15) is 54.0 Å². The highest BCUT2D eigenvalue weighted by molar-refractivity contribution is 8.17. The van der Waals surface area contributed by atoms with Crippen molar-refractivity contribution in [2.24, 2.45) is 5.92 Å². The number of allylic oxidation sites excluding steroid dienone is 1. The van der Waals surface area contributed by atoms with E-state index in [9.17, 15) is 9.32 Å². The molecule has 0 saturated carbocycles. The number of anilines is 2. The number of hydrogen-bond donors (Lipinski definition) is 3. The van der Waals surface area contributed by atoms with Crippen LogP contribution in [0, 0.1) is 5.92 Å².